The zero-order valence-corrected chi connectivity index (χ0v) is 15.2. The standard InChI is InChI=1S/C18H24N4O3/c1-10-8-14(17(23)19-5)6-7-16(10)21-18(24)20-11(2)9-15-12(3)22-25-13(15)4/h6-8,11H,9H2,1-5H3,(H,19,23)(H2,20,21,24). The first-order valence-electron chi connectivity index (χ1n) is 8.13. The molecule has 0 bridgehead atoms. The molecule has 0 aliphatic rings. The Bertz CT molecular complexity index is 763. The van der Waals surface area contributed by atoms with Crippen molar-refractivity contribution >= 4 is 17.6 Å². The fourth-order valence-corrected chi connectivity index (χ4v) is 2.62. The van der Waals surface area contributed by atoms with Crippen LogP contribution in [-0.2, 0) is 6.42 Å². The molecule has 134 valence electrons. The largest absolute Gasteiger partial charge is 0.361 e. The van der Waals surface area contributed by atoms with E-state index in [-0.39, 0.29) is 18.0 Å². The predicted octanol–water partition coefficient (Wildman–Crippen LogP) is 2.71. The number of urea groups is 1. The molecule has 0 aliphatic heterocycles. The van der Waals surface area contributed by atoms with E-state index in [1.165, 1.54) is 0 Å². The van der Waals surface area contributed by atoms with Gasteiger partial charge in [-0.2, -0.15) is 0 Å². The Kier molecular flexibility index (Phi) is 5.80. The summed E-state index contributed by atoms with van der Waals surface area (Å²) in [6.45, 7) is 7.51. The van der Waals surface area contributed by atoms with Crippen LogP contribution >= 0.6 is 0 Å². The Labute approximate surface area is 147 Å². The molecule has 7 nitrogen and oxygen atoms in total. The molecule has 0 radical (unpaired) electrons. The minimum Gasteiger partial charge on any atom is -0.361 e. The topological polar surface area (TPSA) is 96.3 Å². The van der Waals surface area contributed by atoms with Crippen LogP contribution in [0.3, 0.4) is 0 Å². The van der Waals surface area contributed by atoms with Crippen LogP contribution in [0, 0.1) is 20.8 Å². The minimum atomic E-state index is -0.296. The number of amides is 3. The molecule has 0 fully saturated rings. The highest BCUT2D eigenvalue weighted by molar-refractivity contribution is 5.96. The molecule has 0 spiro atoms. The van der Waals surface area contributed by atoms with Gasteiger partial charge in [0.05, 0.1) is 5.69 Å². The van der Waals surface area contributed by atoms with Crippen molar-refractivity contribution in [2.24, 2.45) is 0 Å². The van der Waals surface area contributed by atoms with E-state index >= 15 is 0 Å². The Balaban J connectivity index is 1.97. The molecule has 2 rings (SSSR count). The number of nitrogens with zero attached hydrogens (tertiary/aromatic N) is 1. The molecule has 7 heteroatoms. The number of aryl methyl sites for hydroxylation is 3. The fraction of sp³-hybridized carbons (Fsp3) is 0.389. The summed E-state index contributed by atoms with van der Waals surface area (Å²) in [6, 6.07) is 4.76. The molecule has 0 saturated carbocycles. The van der Waals surface area contributed by atoms with Gasteiger partial charge in [-0.15, -0.1) is 0 Å². The van der Waals surface area contributed by atoms with Crippen molar-refractivity contribution in [2.75, 3.05) is 12.4 Å². The average Bonchev–Trinajstić information content (AvgIpc) is 2.87. The number of carbonyl (C=O) groups excluding carboxylic acids is 2. The van der Waals surface area contributed by atoms with Gasteiger partial charge in [0, 0.05) is 29.9 Å². The Morgan fingerprint density at radius 3 is 2.52 bits per heavy atom. The molecule has 1 aromatic carbocycles. The van der Waals surface area contributed by atoms with Gasteiger partial charge in [0.25, 0.3) is 5.91 Å². The van der Waals surface area contributed by atoms with Crippen molar-refractivity contribution in [1.29, 1.82) is 0 Å². The third kappa shape index (κ3) is 4.59. The van der Waals surface area contributed by atoms with E-state index in [1.807, 2.05) is 27.7 Å². The van der Waals surface area contributed by atoms with E-state index in [1.54, 1.807) is 25.2 Å². The predicted molar refractivity (Wildman–Crippen MR) is 95.9 cm³/mol. The Hall–Kier alpha value is -2.83. The van der Waals surface area contributed by atoms with Gasteiger partial charge in [0.2, 0.25) is 0 Å². The molecule has 1 unspecified atom stereocenters. The molecular weight excluding hydrogens is 320 g/mol. The third-order valence-corrected chi connectivity index (χ3v) is 4.03. The number of rotatable bonds is 5. The molecule has 2 aromatic rings. The van der Waals surface area contributed by atoms with Crippen molar-refractivity contribution in [3.8, 4) is 0 Å². The maximum Gasteiger partial charge on any atom is 0.319 e. The van der Waals surface area contributed by atoms with Crippen molar-refractivity contribution in [1.82, 2.24) is 15.8 Å². The number of carbonyl (C=O) groups is 2. The highest BCUT2D eigenvalue weighted by Crippen LogP contribution is 2.17. The molecule has 0 aliphatic carbocycles. The van der Waals surface area contributed by atoms with Crippen LogP contribution in [0.5, 0.6) is 0 Å². The highest BCUT2D eigenvalue weighted by Gasteiger charge is 2.15. The zero-order chi connectivity index (χ0) is 18.6. The van der Waals surface area contributed by atoms with Crippen LogP contribution in [-0.4, -0.2) is 30.2 Å². The lowest BCUT2D eigenvalue weighted by Gasteiger charge is -2.16. The summed E-state index contributed by atoms with van der Waals surface area (Å²) < 4.78 is 5.14. The Morgan fingerprint density at radius 2 is 1.96 bits per heavy atom. The molecule has 1 atom stereocenters. The molecule has 3 N–H and O–H groups in total. The first-order chi connectivity index (χ1) is 11.8. The second kappa shape index (κ2) is 7.83. The molecule has 0 saturated heterocycles. The summed E-state index contributed by atoms with van der Waals surface area (Å²) in [5.74, 6) is 0.611. The van der Waals surface area contributed by atoms with E-state index in [4.69, 9.17) is 4.52 Å². The fourth-order valence-electron chi connectivity index (χ4n) is 2.62. The number of benzene rings is 1. The third-order valence-electron chi connectivity index (χ3n) is 4.03. The summed E-state index contributed by atoms with van der Waals surface area (Å²) in [5, 5.41) is 12.2. The molecular formula is C18H24N4O3. The van der Waals surface area contributed by atoms with Gasteiger partial charge < -0.3 is 20.5 Å². The highest BCUT2D eigenvalue weighted by atomic mass is 16.5. The minimum absolute atomic E-state index is 0.0813. The van der Waals surface area contributed by atoms with E-state index < -0.39 is 0 Å². The SMILES string of the molecule is CNC(=O)c1ccc(NC(=O)NC(C)Cc2c(C)noc2C)c(C)c1. The van der Waals surface area contributed by atoms with Gasteiger partial charge in [-0.25, -0.2) is 4.79 Å². The number of hydrogen-bond acceptors (Lipinski definition) is 4. The second-order valence-electron chi connectivity index (χ2n) is 6.12. The van der Waals surface area contributed by atoms with Crippen LogP contribution in [0.1, 0.15) is 39.9 Å². The van der Waals surface area contributed by atoms with Crippen LogP contribution in [0.2, 0.25) is 0 Å². The summed E-state index contributed by atoms with van der Waals surface area (Å²) in [6.07, 6.45) is 0.642. The number of nitrogens with one attached hydrogen (secondary N) is 3. The maximum absolute atomic E-state index is 12.2. The van der Waals surface area contributed by atoms with Crippen molar-refractivity contribution in [3.05, 3.63) is 46.3 Å². The monoisotopic (exact) mass is 344 g/mol. The average molecular weight is 344 g/mol. The van der Waals surface area contributed by atoms with Gasteiger partial charge in [-0.05, 0) is 57.9 Å². The van der Waals surface area contributed by atoms with E-state index in [0.29, 0.717) is 17.7 Å². The lowest BCUT2D eigenvalue weighted by molar-refractivity contribution is 0.0963. The summed E-state index contributed by atoms with van der Waals surface area (Å²) in [5.41, 5.74) is 3.88. The van der Waals surface area contributed by atoms with Crippen molar-refractivity contribution in [2.45, 2.75) is 40.2 Å². The summed E-state index contributed by atoms with van der Waals surface area (Å²) >= 11 is 0. The molecule has 1 heterocycles. The van der Waals surface area contributed by atoms with Crippen LogP contribution < -0.4 is 16.0 Å². The van der Waals surface area contributed by atoms with E-state index in [2.05, 4.69) is 21.1 Å². The molecule has 1 aromatic heterocycles. The Morgan fingerprint density at radius 1 is 1.24 bits per heavy atom. The van der Waals surface area contributed by atoms with Gasteiger partial charge in [-0.3, -0.25) is 4.79 Å². The van der Waals surface area contributed by atoms with E-state index in [0.717, 1.165) is 22.6 Å². The first kappa shape index (κ1) is 18.5. The van der Waals surface area contributed by atoms with Crippen LogP contribution in [0.15, 0.2) is 22.7 Å². The lowest BCUT2D eigenvalue weighted by atomic mass is 10.1. The van der Waals surface area contributed by atoms with Crippen LogP contribution in [0.4, 0.5) is 10.5 Å². The number of aromatic nitrogens is 1. The summed E-state index contributed by atoms with van der Waals surface area (Å²) in [7, 11) is 1.58. The van der Waals surface area contributed by atoms with Crippen LogP contribution in [0.25, 0.3) is 0 Å². The van der Waals surface area contributed by atoms with Gasteiger partial charge >= 0.3 is 6.03 Å². The first-order valence-corrected chi connectivity index (χ1v) is 8.13. The van der Waals surface area contributed by atoms with Gasteiger partial charge in [0.1, 0.15) is 5.76 Å². The van der Waals surface area contributed by atoms with E-state index in [9.17, 15) is 9.59 Å². The smallest absolute Gasteiger partial charge is 0.319 e. The summed E-state index contributed by atoms with van der Waals surface area (Å²) in [4.78, 5) is 23.8. The van der Waals surface area contributed by atoms with Crippen molar-refractivity contribution < 1.29 is 14.1 Å². The normalized spacial score (nSPS) is 11.7. The molecule has 3 amide bonds. The number of hydrogen-bond donors (Lipinski definition) is 3. The lowest BCUT2D eigenvalue weighted by Crippen LogP contribution is -2.37. The molecule has 25 heavy (non-hydrogen) atoms. The quantitative estimate of drug-likeness (QED) is 0.777. The van der Waals surface area contributed by atoms with Gasteiger partial charge in [0.15, 0.2) is 0 Å². The van der Waals surface area contributed by atoms with Gasteiger partial charge in [-0.1, -0.05) is 5.16 Å². The van der Waals surface area contributed by atoms with Crippen molar-refractivity contribution in [3.63, 3.8) is 0 Å². The maximum atomic E-state index is 12.2. The second-order valence-corrected chi connectivity index (χ2v) is 6.12. The zero-order valence-electron chi connectivity index (χ0n) is 15.2. The number of anilines is 1.